The van der Waals surface area contributed by atoms with Gasteiger partial charge in [-0.15, -0.1) is 11.3 Å². The van der Waals surface area contributed by atoms with Crippen LogP contribution < -0.4 is 9.47 Å². The minimum absolute atomic E-state index is 0.364. The van der Waals surface area contributed by atoms with E-state index in [9.17, 15) is 4.79 Å². The second kappa shape index (κ2) is 10.6. The van der Waals surface area contributed by atoms with Crippen LogP contribution in [0.4, 0.5) is 0 Å². The SMILES string of the molecule is COc1ccc2c(Oc3ccc(/C=C/C(=O)OC(C)(C)C)cc3)c(-c3ccccc3C(C)C)sc2c1. The van der Waals surface area contributed by atoms with E-state index in [-0.39, 0.29) is 5.97 Å². The van der Waals surface area contributed by atoms with Crippen molar-refractivity contribution in [1.29, 1.82) is 0 Å². The summed E-state index contributed by atoms with van der Waals surface area (Å²) in [5, 5.41) is 1.04. The van der Waals surface area contributed by atoms with Crippen molar-refractivity contribution in [2.24, 2.45) is 0 Å². The van der Waals surface area contributed by atoms with E-state index in [0.717, 1.165) is 37.8 Å². The lowest BCUT2D eigenvalue weighted by atomic mass is 9.96. The minimum Gasteiger partial charge on any atom is -0.497 e. The predicted molar refractivity (Wildman–Crippen MR) is 149 cm³/mol. The largest absolute Gasteiger partial charge is 0.497 e. The van der Waals surface area contributed by atoms with Gasteiger partial charge in [-0.05, 0) is 79.8 Å². The van der Waals surface area contributed by atoms with Crippen LogP contribution in [0.2, 0.25) is 0 Å². The lowest BCUT2D eigenvalue weighted by Crippen LogP contribution is -2.22. The van der Waals surface area contributed by atoms with Crippen LogP contribution in [0.15, 0.2) is 72.8 Å². The number of carbonyl (C=O) groups is 1. The molecule has 0 atom stereocenters. The molecule has 1 heterocycles. The molecule has 0 amide bonds. The molecule has 0 aliphatic rings. The number of thiophene rings is 1. The number of rotatable bonds is 7. The zero-order valence-corrected chi connectivity index (χ0v) is 22.4. The average molecular weight is 501 g/mol. The summed E-state index contributed by atoms with van der Waals surface area (Å²) in [7, 11) is 1.68. The molecule has 0 N–H and O–H groups in total. The maximum absolute atomic E-state index is 12.0. The van der Waals surface area contributed by atoms with Crippen molar-refractivity contribution >= 4 is 33.5 Å². The van der Waals surface area contributed by atoms with Crippen LogP contribution in [0.3, 0.4) is 0 Å². The van der Waals surface area contributed by atoms with E-state index >= 15 is 0 Å². The molecule has 0 aliphatic heterocycles. The molecule has 0 aliphatic carbocycles. The Morgan fingerprint density at radius 2 is 1.64 bits per heavy atom. The van der Waals surface area contributed by atoms with E-state index in [0.29, 0.717) is 5.92 Å². The van der Waals surface area contributed by atoms with Crippen molar-refractivity contribution < 1.29 is 19.0 Å². The maximum atomic E-state index is 12.0. The summed E-state index contributed by atoms with van der Waals surface area (Å²) in [5.74, 6) is 2.40. The number of benzene rings is 3. The first kappa shape index (κ1) is 25.5. The highest BCUT2D eigenvalue weighted by Crippen LogP contribution is 2.48. The Hall–Kier alpha value is -3.57. The van der Waals surface area contributed by atoms with E-state index in [1.165, 1.54) is 17.2 Å². The van der Waals surface area contributed by atoms with E-state index < -0.39 is 5.60 Å². The standard InChI is InChI=1S/C31H32O4S/c1-20(2)24-9-7-8-10-25(24)30-29(26-17-16-23(33-6)19-27(26)36-30)34-22-14-11-21(12-15-22)13-18-28(32)35-31(3,4)5/h7-20H,1-6H3/b18-13+. The third kappa shape index (κ3) is 5.97. The average Bonchev–Trinajstić information content (AvgIpc) is 3.19. The quantitative estimate of drug-likeness (QED) is 0.188. The summed E-state index contributed by atoms with van der Waals surface area (Å²) in [5.41, 5.74) is 2.83. The summed E-state index contributed by atoms with van der Waals surface area (Å²) in [4.78, 5) is 13.1. The maximum Gasteiger partial charge on any atom is 0.331 e. The van der Waals surface area contributed by atoms with Crippen molar-refractivity contribution in [1.82, 2.24) is 0 Å². The van der Waals surface area contributed by atoms with Gasteiger partial charge >= 0.3 is 5.97 Å². The van der Waals surface area contributed by atoms with Crippen molar-refractivity contribution in [2.75, 3.05) is 7.11 Å². The third-order valence-electron chi connectivity index (χ3n) is 5.60. The highest BCUT2D eigenvalue weighted by Gasteiger charge is 2.20. The summed E-state index contributed by atoms with van der Waals surface area (Å²) >= 11 is 1.71. The van der Waals surface area contributed by atoms with Crippen LogP contribution in [0.5, 0.6) is 17.2 Å². The minimum atomic E-state index is -0.516. The molecule has 0 fully saturated rings. The van der Waals surface area contributed by atoms with Gasteiger partial charge in [0.25, 0.3) is 0 Å². The van der Waals surface area contributed by atoms with E-state index in [1.807, 2.05) is 51.1 Å². The Morgan fingerprint density at radius 3 is 2.31 bits per heavy atom. The lowest BCUT2D eigenvalue weighted by molar-refractivity contribution is -0.148. The summed E-state index contributed by atoms with van der Waals surface area (Å²) in [6.07, 6.45) is 3.19. The fraction of sp³-hybridized carbons (Fsp3) is 0.258. The second-order valence-electron chi connectivity index (χ2n) is 9.90. The van der Waals surface area contributed by atoms with E-state index in [4.69, 9.17) is 14.2 Å². The van der Waals surface area contributed by atoms with Crippen molar-refractivity contribution in [3.63, 3.8) is 0 Å². The fourth-order valence-electron chi connectivity index (χ4n) is 3.93. The monoisotopic (exact) mass is 500 g/mol. The van der Waals surface area contributed by atoms with Gasteiger partial charge in [-0.1, -0.05) is 50.2 Å². The fourth-order valence-corrected chi connectivity index (χ4v) is 5.14. The second-order valence-corrected chi connectivity index (χ2v) is 11.0. The smallest absolute Gasteiger partial charge is 0.331 e. The molecule has 5 heteroatoms. The Labute approximate surface area is 217 Å². The van der Waals surface area contributed by atoms with Gasteiger partial charge in [0.15, 0.2) is 5.75 Å². The molecule has 4 aromatic rings. The Kier molecular flexibility index (Phi) is 7.51. The van der Waals surface area contributed by atoms with Gasteiger partial charge in [-0.3, -0.25) is 0 Å². The number of esters is 1. The molecule has 0 saturated heterocycles. The number of methoxy groups -OCH3 is 1. The van der Waals surface area contributed by atoms with Crippen molar-refractivity contribution in [2.45, 2.75) is 46.1 Å². The van der Waals surface area contributed by atoms with E-state index in [1.54, 1.807) is 24.5 Å². The molecule has 0 spiro atoms. The van der Waals surface area contributed by atoms with Gasteiger partial charge in [0.1, 0.15) is 17.1 Å². The van der Waals surface area contributed by atoms with Crippen LogP contribution in [0.1, 0.15) is 51.7 Å². The molecule has 4 nitrogen and oxygen atoms in total. The molecule has 0 saturated carbocycles. The molecule has 0 bridgehead atoms. The van der Waals surface area contributed by atoms with Gasteiger partial charge in [0, 0.05) is 16.2 Å². The first-order chi connectivity index (χ1) is 17.1. The lowest BCUT2D eigenvalue weighted by Gasteiger charge is -2.17. The normalized spacial score (nSPS) is 11.9. The molecular weight excluding hydrogens is 468 g/mol. The van der Waals surface area contributed by atoms with Crippen LogP contribution in [-0.4, -0.2) is 18.7 Å². The molecule has 3 aromatic carbocycles. The van der Waals surface area contributed by atoms with E-state index in [2.05, 4.69) is 50.2 Å². The van der Waals surface area contributed by atoms with Gasteiger partial charge in [-0.2, -0.15) is 0 Å². The zero-order valence-electron chi connectivity index (χ0n) is 21.6. The molecule has 0 unspecified atom stereocenters. The number of ether oxygens (including phenoxy) is 3. The van der Waals surface area contributed by atoms with Crippen LogP contribution in [-0.2, 0) is 9.53 Å². The zero-order chi connectivity index (χ0) is 25.9. The predicted octanol–water partition coefficient (Wildman–Crippen LogP) is 8.85. The first-order valence-corrected chi connectivity index (χ1v) is 12.8. The Balaban J connectivity index is 1.68. The van der Waals surface area contributed by atoms with Gasteiger partial charge in [-0.25, -0.2) is 4.79 Å². The molecule has 0 radical (unpaired) electrons. The number of carbonyl (C=O) groups excluding carboxylic acids is 1. The van der Waals surface area contributed by atoms with Crippen molar-refractivity contribution in [3.05, 3.63) is 83.9 Å². The van der Waals surface area contributed by atoms with Gasteiger partial charge < -0.3 is 14.2 Å². The Bertz CT molecular complexity index is 1390. The number of hydrogen-bond donors (Lipinski definition) is 0. The Morgan fingerprint density at radius 1 is 0.944 bits per heavy atom. The summed E-state index contributed by atoms with van der Waals surface area (Å²) in [6, 6.07) is 22.3. The van der Waals surface area contributed by atoms with Crippen LogP contribution >= 0.6 is 11.3 Å². The molecular formula is C31H32O4S. The van der Waals surface area contributed by atoms with Crippen LogP contribution in [0, 0.1) is 0 Å². The summed E-state index contributed by atoms with van der Waals surface area (Å²) in [6.45, 7) is 9.97. The number of fused-ring (bicyclic) bond motifs is 1. The summed E-state index contributed by atoms with van der Waals surface area (Å²) < 4.78 is 18.4. The molecule has 36 heavy (non-hydrogen) atoms. The molecule has 1 aromatic heterocycles. The third-order valence-corrected chi connectivity index (χ3v) is 6.76. The molecule has 186 valence electrons. The number of hydrogen-bond acceptors (Lipinski definition) is 5. The van der Waals surface area contributed by atoms with Gasteiger partial charge in [0.05, 0.1) is 12.0 Å². The van der Waals surface area contributed by atoms with Gasteiger partial charge in [0.2, 0.25) is 0 Å². The van der Waals surface area contributed by atoms with Crippen molar-refractivity contribution in [3.8, 4) is 27.7 Å². The topological polar surface area (TPSA) is 44.8 Å². The first-order valence-electron chi connectivity index (χ1n) is 12.0. The highest BCUT2D eigenvalue weighted by atomic mass is 32.1. The molecule has 4 rings (SSSR count). The van der Waals surface area contributed by atoms with Crippen LogP contribution in [0.25, 0.3) is 26.6 Å². The highest BCUT2D eigenvalue weighted by molar-refractivity contribution is 7.22.